The summed E-state index contributed by atoms with van der Waals surface area (Å²) in [4.78, 5) is 15.5. The van der Waals surface area contributed by atoms with E-state index in [9.17, 15) is 4.79 Å². The second-order valence-electron chi connectivity index (χ2n) is 3.37. The van der Waals surface area contributed by atoms with Crippen LogP contribution < -0.4 is 15.8 Å². The highest BCUT2D eigenvalue weighted by molar-refractivity contribution is 9.10. The maximum absolute atomic E-state index is 11.6. The highest BCUT2D eigenvalue weighted by Crippen LogP contribution is 2.30. The molecule has 0 saturated carbocycles. The number of carbonyl (C=O) groups is 1. The zero-order valence-corrected chi connectivity index (χ0v) is 9.77. The number of aliphatic hydroxyl groups is 1. The van der Waals surface area contributed by atoms with Crippen molar-refractivity contribution in [2.45, 2.75) is 12.1 Å². The van der Waals surface area contributed by atoms with Crippen molar-refractivity contribution in [3.05, 3.63) is 16.7 Å². The second kappa shape index (κ2) is 4.36. The monoisotopic (exact) mass is 287 g/mol. The molecule has 0 saturated heterocycles. The van der Waals surface area contributed by atoms with E-state index in [-0.39, 0.29) is 6.61 Å². The third-order valence-electron chi connectivity index (χ3n) is 2.17. The van der Waals surface area contributed by atoms with E-state index in [0.717, 1.165) is 4.47 Å². The number of amides is 1. The van der Waals surface area contributed by atoms with Crippen LogP contribution in [0, 0.1) is 0 Å². The van der Waals surface area contributed by atoms with Crippen LogP contribution in [0.5, 0.6) is 5.75 Å². The van der Waals surface area contributed by atoms with Crippen LogP contribution in [0.4, 0.5) is 5.82 Å². The smallest absolute Gasteiger partial charge is 0.268 e. The summed E-state index contributed by atoms with van der Waals surface area (Å²) in [6, 6.07) is 0.922. The highest BCUT2D eigenvalue weighted by Gasteiger charge is 2.33. The van der Waals surface area contributed by atoms with Gasteiger partial charge in [0.25, 0.3) is 5.91 Å². The van der Waals surface area contributed by atoms with Gasteiger partial charge in [0.15, 0.2) is 17.7 Å². The molecule has 0 radical (unpaired) electrons. The number of aromatic nitrogens is 1. The molecular weight excluding hydrogens is 278 g/mol. The molecular formula is C9H10BrN3O3. The van der Waals surface area contributed by atoms with E-state index in [1.54, 1.807) is 12.3 Å². The Morgan fingerprint density at radius 2 is 2.50 bits per heavy atom. The molecule has 0 fully saturated rings. The number of hydrogen-bond donors (Lipinski definition) is 3. The van der Waals surface area contributed by atoms with Gasteiger partial charge in [-0.3, -0.25) is 4.79 Å². The first kappa shape index (κ1) is 11.3. The summed E-state index contributed by atoms with van der Waals surface area (Å²) in [6.07, 6.45) is 0.656. The van der Waals surface area contributed by atoms with Crippen LogP contribution in [0.15, 0.2) is 16.7 Å². The maximum Gasteiger partial charge on any atom is 0.268 e. The van der Waals surface area contributed by atoms with E-state index in [0.29, 0.717) is 11.6 Å². The van der Waals surface area contributed by atoms with Gasteiger partial charge in [0.2, 0.25) is 0 Å². The Labute approximate surface area is 99.9 Å². The molecule has 2 unspecified atom stereocenters. The van der Waals surface area contributed by atoms with Crippen LogP contribution in [-0.2, 0) is 4.79 Å². The first-order chi connectivity index (χ1) is 7.61. The van der Waals surface area contributed by atoms with E-state index in [1.807, 2.05) is 0 Å². The Bertz CT molecular complexity index is 426. The van der Waals surface area contributed by atoms with E-state index in [4.69, 9.17) is 15.6 Å². The number of rotatable bonds is 2. The molecule has 1 aliphatic heterocycles. The summed E-state index contributed by atoms with van der Waals surface area (Å²) in [5.74, 6) is 0.390. The maximum atomic E-state index is 11.6. The minimum Gasteiger partial charge on any atom is -0.475 e. The van der Waals surface area contributed by atoms with Gasteiger partial charge in [-0.25, -0.2) is 4.98 Å². The number of aliphatic hydroxyl groups excluding tert-OH is 1. The molecule has 0 aromatic carbocycles. The summed E-state index contributed by atoms with van der Waals surface area (Å²) in [7, 11) is 0. The van der Waals surface area contributed by atoms with Crippen LogP contribution >= 0.6 is 15.9 Å². The van der Waals surface area contributed by atoms with Crippen molar-refractivity contribution in [3.63, 3.8) is 0 Å². The van der Waals surface area contributed by atoms with Crippen molar-refractivity contribution < 1.29 is 14.6 Å². The fourth-order valence-electron chi connectivity index (χ4n) is 1.36. The lowest BCUT2D eigenvalue weighted by Gasteiger charge is -2.27. The van der Waals surface area contributed by atoms with Crippen LogP contribution in [0.25, 0.3) is 0 Å². The predicted octanol–water partition coefficient (Wildman–Crippen LogP) is -0.137. The van der Waals surface area contributed by atoms with Crippen LogP contribution in [-0.4, -0.2) is 34.8 Å². The minimum absolute atomic E-state index is 0.325. The standard InChI is InChI=1S/C9H10BrN3O3/c10-4-1-6-8(12-2-4)13-9(15)7(16-6)5(11)3-14/h1-2,5,7,14H,3,11H2,(H,12,13,15). The number of hydrogen-bond acceptors (Lipinski definition) is 5. The van der Waals surface area contributed by atoms with E-state index in [1.165, 1.54) is 0 Å². The average Bonchev–Trinajstić information content (AvgIpc) is 2.28. The number of nitrogens with zero attached hydrogens (tertiary/aromatic N) is 1. The van der Waals surface area contributed by atoms with Crippen molar-refractivity contribution in [1.29, 1.82) is 0 Å². The lowest BCUT2D eigenvalue weighted by atomic mass is 10.1. The Hall–Kier alpha value is -1.18. The normalized spacial score (nSPS) is 20.7. The molecule has 86 valence electrons. The lowest BCUT2D eigenvalue weighted by molar-refractivity contribution is -0.124. The van der Waals surface area contributed by atoms with E-state index < -0.39 is 18.1 Å². The Kier molecular flexibility index (Phi) is 3.08. The quantitative estimate of drug-likeness (QED) is 0.704. The highest BCUT2D eigenvalue weighted by atomic mass is 79.9. The molecule has 2 atom stereocenters. The molecule has 4 N–H and O–H groups in total. The molecule has 0 bridgehead atoms. The van der Waals surface area contributed by atoms with Gasteiger partial charge in [-0.2, -0.15) is 0 Å². The largest absolute Gasteiger partial charge is 0.475 e. The summed E-state index contributed by atoms with van der Waals surface area (Å²) >= 11 is 3.24. The lowest BCUT2D eigenvalue weighted by Crippen LogP contribution is -2.51. The van der Waals surface area contributed by atoms with Gasteiger partial charge in [0.1, 0.15) is 0 Å². The first-order valence-electron chi connectivity index (χ1n) is 4.61. The number of ether oxygens (including phenoxy) is 1. The van der Waals surface area contributed by atoms with Crippen molar-refractivity contribution in [1.82, 2.24) is 4.98 Å². The minimum atomic E-state index is -0.895. The number of nitrogens with two attached hydrogens (primary N) is 1. The molecule has 0 aliphatic carbocycles. The van der Waals surface area contributed by atoms with Crippen molar-refractivity contribution >= 4 is 27.7 Å². The molecule has 2 heterocycles. The molecule has 1 aliphatic rings. The van der Waals surface area contributed by atoms with Crippen LogP contribution in [0.3, 0.4) is 0 Å². The Balaban J connectivity index is 2.29. The topological polar surface area (TPSA) is 97.5 Å². The summed E-state index contributed by atoms with van der Waals surface area (Å²) in [6.45, 7) is -0.325. The number of carbonyl (C=O) groups excluding carboxylic acids is 1. The van der Waals surface area contributed by atoms with Crippen LogP contribution in [0.2, 0.25) is 0 Å². The SMILES string of the molecule is NC(CO)C1Oc2cc(Br)cnc2NC1=O. The zero-order valence-electron chi connectivity index (χ0n) is 8.18. The van der Waals surface area contributed by atoms with E-state index in [2.05, 4.69) is 26.2 Å². The second-order valence-corrected chi connectivity index (χ2v) is 4.29. The summed E-state index contributed by atoms with van der Waals surface area (Å²) in [5.41, 5.74) is 5.57. The van der Waals surface area contributed by atoms with Crippen molar-refractivity contribution in [2.75, 3.05) is 11.9 Å². The molecule has 1 amide bonds. The molecule has 1 aromatic heterocycles. The molecule has 7 heteroatoms. The van der Waals surface area contributed by atoms with Crippen molar-refractivity contribution in [2.24, 2.45) is 5.73 Å². The fourth-order valence-corrected chi connectivity index (χ4v) is 1.67. The number of halogens is 1. The Morgan fingerprint density at radius 3 is 3.19 bits per heavy atom. The number of fused-ring (bicyclic) bond motifs is 1. The number of pyridine rings is 1. The van der Waals surface area contributed by atoms with Crippen molar-refractivity contribution in [3.8, 4) is 5.75 Å². The molecule has 2 rings (SSSR count). The fraction of sp³-hybridized carbons (Fsp3) is 0.333. The van der Waals surface area contributed by atoms with Gasteiger partial charge in [-0.05, 0) is 22.0 Å². The van der Waals surface area contributed by atoms with Gasteiger partial charge in [-0.1, -0.05) is 0 Å². The van der Waals surface area contributed by atoms with E-state index >= 15 is 0 Å². The summed E-state index contributed by atoms with van der Waals surface area (Å²) < 4.78 is 6.12. The van der Waals surface area contributed by atoms with Gasteiger partial charge >= 0.3 is 0 Å². The molecule has 0 spiro atoms. The van der Waals surface area contributed by atoms with Crippen LogP contribution in [0.1, 0.15) is 0 Å². The predicted molar refractivity (Wildman–Crippen MR) is 60.0 cm³/mol. The molecule has 16 heavy (non-hydrogen) atoms. The average molecular weight is 288 g/mol. The first-order valence-corrected chi connectivity index (χ1v) is 5.40. The zero-order chi connectivity index (χ0) is 11.7. The third kappa shape index (κ3) is 2.01. The molecule has 1 aromatic rings. The van der Waals surface area contributed by atoms with Gasteiger partial charge < -0.3 is 20.9 Å². The Morgan fingerprint density at radius 1 is 1.75 bits per heavy atom. The van der Waals surface area contributed by atoms with Gasteiger partial charge in [0, 0.05) is 10.7 Å². The van der Waals surface area contributed by atoms with Gasteiger partial charge in [0.05, 0.1) is 12.6 Å². The molecule has 6 nitrogen and oxygen atoms in total. The summed E-state index contributed by atoms with van der Waals surface area (Å²) in [5, 5.41) is 11.5. The number of nitrogens with one attached hydrogen (secondary N) is 1. The number of anilines is 1. The van der Waals surface area contributed by atoms with Gasteiger partial charge in [-0.15, -0.1) is 0 Å². The third-order valence-corrected chi connectivity index (χ3v) is 2.61.